The van der Waals surface area contributed by atoms with Gasteiger partial charge in [-0.1, -0.05) is 43.8 Å². The third-order valence-corrected chi connectivity index (χ3v) is 6.16. The van der Waals surface area contributed by atoms with E-state index in [1.54, 1.807) is 6.07 Å². The number of hydrogen-bond acceptors (Lipinski definition) is 6. The molecule has 6 nitrogen and oxygen atoms in total. The van der Waals surface area contributed by atoms with E-state index in [1.165, 1.54) is 11.8 Å². The molecule has 2 aromatic carbocycles. The van der Waals surface area contributed by atoms with Crippen LogP contribution in [0.1, 0.15) is 30.5 Å². The molecule has 4 rings (SSSR count). The van der Waals surface area contributed by atoms with Crippen LogP contribution in [0.25, 0.3) is 10.9 Å². The molecular formula is C24H23N3O3S. The van der Waals surface area contributed by atoms with Gasteiger partial charge in [-0.25, -0.2) is 4.98 Å². The van der Waals surface area contributed by atoms with Gasteiger partial charge in [-0.3, -0.25) is 4.79 Å². The van der Waals surface area contributed by atoms with Crippen LogP contribution in [0.3, 0.4) is 0 Å². The van der Waals surface area contributed by atoms with Gasteiger partial charge in [-0.2, -0.15) is 5.26 Å². The molecule has 158 valence electrons. The van der Waals surface area contributed by atoms with E-state index in [-0.39, 0.29) is 11.7 Å². The SMILES string of the molecule is CCc1cccc(CC)c1NC(=O)CSc1nc2cc3c(cc2cc1C#N)OCCO3. The second-order valence-corrected chi connectivity index (χ2v) is 8.10. The number of benzene rings is 2. The number of nitrogens with zero attached hydrogens (tertiary/aromatic N) is 2. The zero-order valence-corrected chi connectivity index (χ0v) is 18.3. The second kappa shape index (κ2) is 9.27. The number of nitriles is 1. The van der Waals surface area contributed by atoms with E-state index < -0.39 is 0 Å². The van der Waals surface area contributed by atoms with E-state index >= 15 is 0 Å². The summed E-state index contributed by atoms with van der Waals surface area (Å²) in [5, 5.41) is 14.0. The molecule has 0 spiro atoms. The highest BCUT2D eigenvalue weighted by Crippen LogP contribution is 2.35. The van der Waals surface area contributed by atoms with Crippen molar-refractivity contribution in [2.24, 2.45) is 0 Å². The van der Waals surface area contributed by atoms with Gasteiger partial charge in [0.1, 0.15) is 24.3 Å². The largest absolute Gasteiger partial charge is 0.486 e. The molecule has 2 heterocycles. The number of rotatable bonds is 6. The minimum absolute atomic E-state index is 0.117. The number of thioether (sulfide) groups is 1. The molecule has 1 aliphatic heterocycles. The van der Waals surface area contributed by atoms with Crippen LogP contribution in [0.15, 0.2) is 41.4 Å². The van der Waals surface area contributed by atoms with Gasteiger partial charge < -0.3 is 14.8 Å². The Kier molecular flexibility index (Phi) is 6.28. The van der Waals surface area contributed by atoms with Gasteiger partial charge in [0.25, 0.3) is 0 Å². The van der Waals surface area contributed by atoms with E-state index in [0.717, 1.165) is 35.0 Å². The second-order valence-electron chi connectivity index (χ2n) is 7.14. The van der Waals surface area contributed by atoms with Gasteiger partial charge in [-0.05, 0) is 36.1 Å². The van der Waals surface area contributed by atoms with E-state index in [2.05, 4.69) is 30.2 Å². The Morgan fingerprint density at radius 1 is 1.13 bits per heavy atom. The normalized spacial score (nSPS) is 12.4. The van der Waals surface area contributed by atoms with Gasteiger partial charge in [0, 0.05) is 17.1 Å². The molecule has 0 radical (unpaired) electrons. The number of pyridine rings is 1. The molecular weight excluding hydrogens is 410 g/mol. The number of carbonyl (C=O) groups is 1. The summed E-state index contributed by atoms with van der Waals surface area (Å²) in [6.45, 7) is 5.15. The predicted octanol–water partition coefficient (Wildman–Crippen LogP) is 4.73. The van der Waals surface area contributed by atoms with Crippen LogP contribution >= 0.6 is 11.8 Å². The Morgan fingerprint density at radius 3 is 2.45 bits per heavy atom. The number of aromatic nitrogens is 1. The van der Waals surface area contributed by atoms with Crippen molar-refractivity contribution in [2.45, 2.75) is 31.7 Å². The van der Waals surface area contributed by atoms with Gasteiger partial charge in [-0.15, -0.1) is 0 Å². The Balaban J connectivity index is 1.55. The fourth-order valence-electron chi connectivity index (χ4n) is 3.60. The van der Waals surface area contributed by atoms with Crippen LogP contribution in [0.4, 0.5) is 5.69 Å². The molecule has 31 heavy (non-hydrogen) atoms. The Morgan fingerprint density at radius 2 is 1.81 bits per heavy atom. The fraction of sp³-hybridized carbons (Fsp3) is 0.292. The maximum absolute atomic E-state index is 12.7. The number of para-hydroxylation sites is 1. The van der Waals surface area contributed by atoms with Crippen molar-refractivity contribution < 1.29 is 14.3 Å². The van der Waals surface area contributed by atoms with Crippen LogP contribution in [-0.2, 0) is 17.6 Å². The van der Waals surface area contributed by atoms with E-state index in [4.69, 9.17) is 9.47 Å². The lowest BCUT2D eigenvalue weighted by Crippen LogP contribution is -2.17. The van der Waals surface area contributed by atoms with Crippen molar-refractivity contribution in [2.75, 3.05) is 24.3 Å². The highest BCUT2D eigenvalue weighted by atomic mass is 32.2. The summed E-state index contributed by atoms with van der Waals surface area (Å²) in [4.78, 5) is 17.3. The molecule has 0 saturated heterocycles. The summed E-state index contributed by atoms with van der Waals surface area (Å²) in [5.74, 6) is 1.35. The minimum Gasteiger partial charge on any atom is -0.486 e. The number of carbonyl (C=O) groups excluding carboxylic acids is 1. The molecule has 7 heteroatoms. The topological polar surface area (TPSA) is 84.2 Å². The third kappa shape index (κ3) is 4.44. The first kappa shape index (κ1) is 21.0. The summed E-state index contributed by atoms with van der Waals surface area (Å²) in [6, 6.07) is 13.7. The Labute approximate surface area is 185 Å². The van der Waals surface area contributed by atoms with Crippen LogP contribution in [0.2, 0.25) is 0 Å². The zero-order chi connectivity index (χ0) is 21.8. The number of aryl methyl sites for hydroxylation is 2. The maximum Gasteiger partial charge on any atom is 0.234 e. The van der Waals surface area contributed by atoms with Gasteiger partial charge in [0.05, 0.1) is 16.8 Å². The van der Waals surface area contributed by atoms with Crippen molar-refractivity contribution in [3.8, 4) is 17.6 Å². The minimum atomic E-state index is -0.117. The molecule has 0 atom stereocenters. The standard InChI is InChI=1S/C24H23N3O3S/c1-3-15-6-5-7-16(4-2)23(15)27-22(28)14-31-24-18(13-25)10-17-11-20-21(12-19(17)26-24)30-9-8-29-20/h5-7,10-12H,3-4,8-9,14H2,1-2H3,(H,27,28). The number of nitrogens with one attached hydrogen (secondary N) is 1. The summed E-state index contributed by atoms with van der Waals surface area (Å²) >= 11 is 1.26. The van der Waals surface area contributed by atoms with Crippen LogP contribution in [-0.4, -0.2) is 29.9 Å². The average molecular weight is 434 g/mol. The van der Waals surface area contributed by atoms with Crippen LogP contribution in [0, 0.1) is 11.3 Å². The lowest BCUT2D eigenvalue weighted by Gasteiger charge is -2.19. The first-order valence-corrected chi connectivity index (χ1v) is 11.3. The van der Waals surface area contributed by atoms with Gasteiger partial charge in [0.2, 0.25) is 5.91 Å². The summed E-state index contributed by atoms with van der Waals surface area (Å²) in [6.07, 6.45) is 1.69. The highest BCUT2D eigenvalue weighted by molar-refractivity contribution is 8.00. The molecule has 1 N–H and O–H groups in total. The molecule has 0 fully saturated rings. The molecule has 0 bridgehead atoms. The summed E-state index contributed by atoms with van der Waals surface area (Å²) < 4.78 is 11.2. The molecule has 1 aromatic heterocycles. The van der Waals surface area contributed by atoms with Gasteiger partial charge in [0.15, 0.2) is 11.5 Å². The van der Waals surface area contributed by atoms with Crippen molar-refractivity contribution in [3.63, 3.8) is 0 Å². The van der Waals surface area contributed by atoms with Crippen molar-refractivity contribution >= 4 is 34.3 Å². The number of fused-ring (bicyclic) bond motifs is 2. The van der Waals surface area contributed by atoms with Crippen LogP contribution in [0.5, 0.6) is 11.5 Å². The molecule has 3 aromatic rings. The fourth-order valence-corrected chi connectivity index (χ4v) is 4.36. The highest BCUT2D eigenvalue weighted by Gasteiger charge is 2.17. The summed E-state index contributed by atoms with van der Waals surface area (Å²) in [5.41, 5.74) is 4.27. The Hall–Kier alpha value is -3.24. The predicted molar refractivity (Wildman–Crippen MR) is 122 cm³/mol. The molecule has 0 unspecified atom stereocenters. The smallest absolute Gasteiger partial charge is 0.234 e. The quantitative estimate of drug-likeness (QED) is 0.566. The van der Waals surface area contributed by atoms with E-state index in [1.807, 2.05) is 30.3 Å². The molecule has 1 aliphatic rings. The first-order chi connectivity index (χ1) is 15.1. The van der Waals surface area contributed by atoms with E-state index in [9.17, 15) is 10.1 Å². The number of hydrogen-bond donors (Lipinski definition) is 1. The number of amides is 1. The Bertz CT molecular complexity index is 1160. The van der Waals surface area contributed by atoms with Crippen molar-refractivity contribution in [1.82, 2.24) is 4.98 Å². The van der Waals surface area contributed by atoms with Crippen molar-refractivity contribution in [1.29, 1.82) is 5.26 Å². The maximum atomic E-state index is 12.7. The molecule has 0 aliphatic carbocycles. The number of ether oxygens (including phenoxy) is 2. The lowest BCUT2D eigenvalue weighted by molar-refractivity contribution is -0.113. The van der Waals surface area contributed by atoms with Gasteiger partial charge >= 0.3 is 0 Å². The van der Waals surface area contributed by atoms with Crippen LogP contribution < -0.4 is 14.8 Å². The third-order valence-electron chi connectivity index (χ3n) is 5.17. The molecule has 1 amide bonds. The average Bonchev–Trinajstić information content (AvgIpc) is 2.80. The number of anilines is 1. The molecule has 0 saturated carbocycles. The lowest BCUT2D eigenvalue weighted by atomic mass is 10.0. The van der Waals surface area contributed by atoms with E-state index in [0.29, 0.717) is 40.8 Å². The monoisotopic (exact) mass is 433 g/mol. The first-order valence-electron chi connectivity index (χ1n) is 10.3. The van der Waals surface area contributed by atoms with Crippen molar-refractivity contribution in [3.05, 3.63) is 53.1 Å². The summed E-state index contributed by atoms with van der Waals surface area (Å²) in [7, 11) is 0. The zero-order valence-electron chi connectivity index (χ0n) is 17.5.